The van der Waals surface area contributed by atoms with E-state index in [9.17, 15) is 0 Å². The molecule has 2 nitrogen and oxygen atoms in total. The third-order valence-corrected chi connectivity index (χ3v) is 5.87. The molecule has 0 spiro atoms. The first kappa shape index (κ1) is 21.4. The van der Waals surface area contributed by atoms with Crippen LogP contribution in [0, 0.1) is 0 Å². The Hall–Kier alpha value is -2.29. The van der Waals surface area contributed by atoms with Crippen molar-refractivity contribution in [2.45, 2.75) is 45.3 Å². The van der Waals surface area contributed by atoms with E-state index in [0.29, 0.717) is 18.6 Å². The van der Waals surface area contributed by atoms with Gasteiger partial charge in [0.2, 0.25) is 0 Å². The lowest BCUT2D eigenvalue weighted by molar-refractivity contribution is 0.305. The van der Waals surface area contributed by atoms with Gasteiger partial charge >= 0.3 is 0 Å². The van der Waals surface area contributed by atoms with E-state index in [4.69, 9.17) is 4.74 Å². The summed E-state index contributed by atoms with van der Waals surface area (Å²) in [6.45, 7) is 6.16. The first-order valence-corrected chi connectivity index (χ1v) is 10.4. The van der Waals surface area contributed by atoms with Gasteiger partial charge < -0.3 is 10.1 Å². The molecule has 29 heavy (non-hydrogen) atoms. The van der Waals surface area contributed by atoms with Crippen LogP contribution in [0.5, 0.6) is 5.75 Å². The number of hydrogen-bond acceptors (Lipinski definition) is 2. The van der Waals surface area contributed by atoms with Gasteiger partial charge in [-0.05, 0) is 65.3 Å². The van der Waals surface area contributed by atoms with E-state index in [1.807, 2.05) is 6.07 Å². The van der Waals surface area contributed by atoms with E-state index in [1.54, 1.807) is 0 Å². The number of nitrogens with one attached hydrogen (secondary N) is 1. The molecule has 0 fully saturated rings. The van der Waals surface area contributed by atoms with E-state index in [-0.39, 0.29) is 12.4 Å². The second-order valence-corrected chi connectivity index (χ2v) is 7.70. The first-order chi connectivity index (χ1) is 13.7. The number of fused-ring (bicyclic) bond motifs is 1. The molecule has 0 amide bonds. The molecule has 3 aromatic rings. The lowest BCUT2D eigenvalue weighted by Crippen LogP contribution is -2.37. The zero-order valence-corrected chi connectivity index (χ0v) is 18.0. The molecule has 1 aliphatic rings. The summed E-state index contributed by atoms with van der Waals surface area (Å²) in [7, 11) is 0. The summed E-state index contributed by atoms with van der Waals surface area (Å²) in [5.41, 5.74) is 6.59. The SMILES string of the molecule is CCNC1CCc2cc(OCc3ccc(-c4ccccc4)cc3)ccc2C1C.Cl. The fraction of sp³-hybridized carbons (Fsp3) is 0.308. The first-order valence-electron chi connectivity index (χ1n) is 10.4. The van der Waals surface area contributed by atoms with Crippen LogP contribution in [0.15, 0.2) is 72.8 Å². The topological polar surface area (TPSA) is 21.3 Å². The largest absolute Gasteiger partial charge is 0.489 e. The molecule has 3 heteroatoms. The molecule has 2 unspecified atom stereocenters. The molecular formula is C26H30ClNO. The zero-order valence-electron chi connectivity index (χ0n) is 17.2. The molecule has 0 aromatic heterocycles. The Kier molecular flexibility index (Phi) is 7.35. The quantitative estimate of drug-likeness (QED) is 0.511. The highest BCUT2D eigenvalue weighted by atomic mass is 35.5. The third-order valence-electron chi connectivity index (χ3n) is 5.87. The Balaban J connectivity index is 0.00000240. The average molecular weight is 408 g/mol. The van der Waals surface area contributed by atoms with Crippen LogP contribution >= 0.6 is 12.4 Å². The molecule has 0 saturated carbocycles. The fourth-order valence-electron chi connectivity index (χ4n) is 4.24. The van der Waals surface area contributed by atoms with Crippen LogP contribution in [-0.4, -0.2) is 12.6 Å². The van der Waals surface area contributed by atoms with Gasteiger partial charge in [0.25, 0.3) is 0 Å². The van der Waals surface area contributed by atoms with Gasteiger partial charge in [0.15, 0.2) is 0 Å². The zero-order chi connectivity index (χ0) is 19.3. The Morgan fingerprint density at radius 1 is 0.931 bits per heavy atom. The molecule has 2 atom stereocenters. The summed E-state index contributed by atoms with van der Waals surface area (Å²) in [4.78, 5) is 0. The van der Waals surface area contributed by atoms with Crippen molar-refractivity contribution < 1.29 is 4.74 Å². The predicted octanol–water partition coefficient (Wildman–Crippen LogP) is 6.38. The van der Waals surface area contributed by atoms with Gasteiger partial charge in [-0.25, -0.2) is 0 Å². The van der Waals surface area contributed by atoms with Gasteiger partial charge in [-0.15, -0.1) is 12.4 Å². The van der Waals surface area contributed by atoms with Crippen LogP contribution in [0.25, 0.3) is 11.1 Å². The lowest BCUT2D eigenvalue weighted by atomic mass is 9.80. The molecule has 0 aliphatic heterocycles. The lowest BCUT2D eigenvalue weighted by Gasteiger charge is -2.32. The Labute approximate surface area is 180 Å². The predicted molar refractivity (Wildman–Crippen MR) is 124 cm³/mol. The Morgan fingerprint density at radius 3 is 2.38 bits per heavy atom. The third kappa shape index (κ3) is 5.01. The minimum atomic E-state index is 0. The van der Waals surface area contributed by atoms with Crippen molar-refractivity contribution in [3.05, 3.63) is 89.5 Å². The summed E-state index contributed by atoms with van der Waals surface area (Å²) >= 11 is 0. The highest BCUT2D eigenvalue weighted by Crippen LogP contribution is 2.34. The van der Waals surface area contributed by atoms with Crippen LogP contribution in [0.1, 0.15) is 42.9 Å². The summed E-state index contributed by atoms with van der Waals surface area (Å²) in [5.74, 6) is 1.53. The van der Waals surface area contributed by atoms with Crippen molar-refractivity contribution >= 4 is 12.4 Å². The van der Waals surface area contributed by atoms with E-state index in [1.165, 1.54) is 34.2 Å². The monoisotopic (exact) mass is 407 g/mol. The highest BCUT2D eigenvalue weighted by molar-refractivity contribution is 5.85. The maximum Gasteiger partial charge on any atom is 0.120 e. The highest BCUT2D eigenvalue weighted by Gasteiger charge is 2.25. The van der Waals surface area contributed by atoms with Crippen LogP contribution in [0.3, 0.4) is 0 Å². The minimum absolute atomic E-state index is 0. The van der Waals surface area contributed by atoms with E-state index >= 15 is 0 Å². The Bertz CT molecular complexity index is 908. The molecule has 0 bridgehead atoms. The van der Waals surface area contributed by atoms with Crippen molar-refractivity contribution in [1.29, 1.82) is 0 Å². The number of halogens is 1. The standard InChI is InChI=1S/C26H29NO.ClH/c1-3-27-26-16-13-23-17-24(14-15-25(23)19(26)2)28-18-20-9-11-22(12-10-20)21-7-5-4-6-8-21;/h4-12,14-15,17,19,26-27H,3,13,16,18H2,1-2H3;1H. The van der Waals surface area contributed by atoms with Crippen molar-refractivity contribution in [2.75, 3.05) is 6.54 Å². The van der Waals surface area contributed by atoms with Crippen molar-refractivity contribution in [2.24, 2.45) is 0 Å². The smallest absolute Gasteiger partial charge is 0.120 e. The van der Waals surface area contributed by atoms with Gasteiger partial charge in [0.1, 0.15) is 12.4 Å². The molecule has 0 saturated heterocycles. The maximum atomic E-state index is 6.10. The second kappa shape index (κ2) is 9.96. The average Bonchev–Trinajstić information content (AvgIpc) is 2.75. The summed E-state index contributed by atoms with van der Waals surface area (Å²) < 4.78 is 6.10. The van der Waals surface area contributed by atoms with E-state index in [0.717, 1.165) is 18.7 Å². The van der Waals surface area contributed by atoms with Crippen molar-refractivity contribution in [3.8, 4) is 16.9 Å². The van der Waals surface area contributed by atoms with Crippen molar-refractivity contribution in [3.63, 3.8) is 0 Å². The van der Waals surface area contributed by atoms with Crippen LogP contribution < -0.4 is 10.1 Å². The van der Waals surface area contributed by atoms with E-state index < -0.39 is 0 Å². The van der Waals surface area contributed by atoms with Gasteiger partial charge in [-0.1, -0.05) is 74.5 Å². The molecule has 152 valence electrons. The molecule has 1 aliphatic carbocycles. The minimum Gasteiger partial charge on any atom is -0.489 e. The van der Waals surface area contributed by atoms with Gasteiger partial charge in [-0.3, -0.25) is 0 Å². The summed E-state index contributed by atoms with van der Waals surface area (Å²) in [6, 6.07) is 26.3. The summed E-state index contributed by atoms with van der Waals surface area (Å²) in [6.07, 6.45) is 2.33. The molecular weight excluding hydrogens is 378 g/mol. The number of likely N-dealkylation sites (N-methyl/N-ethyl adjacent to an activating group) is 1. The normalized spacial score (nSPS) is 17.9. The fourth-order valence-corrected chi connectivity index (χ4v) is 4.24. The Morgan fingerprint density at radius 2 is 1.66 bits per heavy atom. The van der Waals surface area contributed by atoms with Gasteiger partial charge in [0, 0.05) is 6.04 Å². The van der Waals surface area contributed by atoms with Crippen LogP contribution in [0.2, 0.25) is 0 Å². The molecule has 0 radical (unpaired) electrons. The molecule has 0 heterocycles. The number of hydrogen-bond donors (Lipinski definition) is 1. The van der Waals surface area contributed by atoms with Gasteiger partial charge in [-0.2, -0.15) is 0 Å². The number of ether oxygens (including phenoxy) is 1. The van der Waals surface area contributed by atoms with E-state index in [2.05, 4.69) is 85.9 Å². The second-order valence-electron chi connectivity index (χ2n) is 7.70. The maximum absolute atomic E-state index is 6.10. The number of aryl methyl sites for hydroxylation is 1. The summed E-state index contributed by atoms with van der Waals surface area (Å²) in [5, 5.41) is 3.62. The van der Waals surface area contributed by atoms with Crippen LogP contribution in [-0.2, 0) is 13.0 Å². The molecule has 1 N–H and O–H groups in total. The molecule has 3 aromatic carbocycles. The number of rotatable bonds is 6. The van der Waals surface area contributed by atoms with Crippen molar-refractivity contribution in [1.82, 2.24) is 5.32 Å². The van der Waals surface area contributed by atoms with Gasteiger partial charge in [0.05, 0.1) is 0 Å². The van der Waals surface area contributed by atoms with Crippen LogP contribution in [0.4, 0.5) is 0 Å². The molecule has 4 rings (SSSR count). The number of benzene rings is 3.